The highest BCUT2D eigenvalue weighted by Gasteiger charge is 2.21. The van der Waals surface area contributed by atoms with E-state index in [1.54, 1.807) is 0 Å². The normalized spacial score (nSPS) is 21.4. The Morgan fingerprint density at radius 2 is 2.17 bits per heavy atom. The van der Waals surface area contributed by atoms with Crippen LogP contribution >= 0.6 is 31.9 Å². The Bertz CT molecular complexity index is 403. The SMILES string of the molecule is CCc1nn(CC)c(CN2CCCC(Br)C2)c1Br. The summed E-state index contributed by atoms with van der Waals surface area (Å²) in [5.41, 5.74) is 2.51. The maximum Gasteiger partial charge on any atom is 0.0767 e. The minimum absolute atomic E-state index is 0.647. The second-order valence-corrected chi connectivity index (χ2v) is 6.94. The van der Waals surface area contributed by atoms with Crippen LogP contribution in [-0.4, -0.2) is 32.6 Å². The molecule has 0 amide bonds. The Balaban J connectivity index is 2.14. The molecule has 0 saturated carbocycles. The third-order valence-electron chi connectivity index (χ3n) is 3.52. The largest absolute Gasteiger partial charge is 0.296 e. The van der Waals surface area contributed by atoms with Crippen molar-refractivity contribution in [3.63, 3.8) is 0 Å². The van der Waals surface area contributed by atoms with E-state index in [0.717, 1.165) is 26.1 Å². The van der Waals surface area contributed by atoms with Gasteiger partial charge in [0.15, 0.2) is 0 Å². The predicted molar refractivity (Wildman–Crippen MR) is 82.2 cm³/mol. The minimum atomic E-state index is 0.647. The Morgan fingerprint density at radius 3 is 2.78 bits per heavy atom. The summed E-state index contributed by atoms with van der Waals surface area (Å²) >= 11 is 7.46. The van der Waals surface area contributed by atoms with E-state index >= 15 is 0 Å². The molecule has 102 valence electrons. The van der Waals surface area contributed by atoms with Gasteiger partial charge in [-0.15, -0.1) is 0 Å². The number of halogens is 2. The summed E-state index contributed by atoms with van der Waals surface area (Å²) in [6, 6.07) is 0. The molecule has 1 aliphatic rings. The lowest BCUT2D eigenvalue weighted by atomic mass is 10.1. The topological polar surface area (TPSA) is 21.1 Å². The first kappa shape index (κ1) is 14.5. The zero-order valence-corrected chi connectivity index (χ0v) is 14.3. The molecule has 1 aromatic heterocycles. The molecule has 2 rings (SSSR count). The Labute approximate surface area is 126 Å². The monoisotopic (exact) mass is 377 g/mol. The van der Waals surface area contributed by atoms with Crippen molar-refractivity contribution >= 4 is 31.9 Å². The second kappa shape index (κ2) is 6.53. The van der Waals surface area contributed by atoms with Crippen LogP contribution in [0.5, 0.6) is 0 Å². The first-order valence-electron chi connectivity index (χ1n) is 6.76. The standard InChI is InChI=1S/C13H21Br2N3/c1-3-11-13(15)12(18(4-2)16-11)9-17-7-5-6-10(14)8-17/h10H,3-9H2,1-2H3. The molecule has 1 fully saturated rings. The van der Waals surface area contributed by atoms with Crippen molar-refractivity contribution in [2.75, 3.05) is 13.1 Å². The molecule has 0 aromatic carbocycles. The van der Waals surface area contributed by atoms with Crippen LogP contribution in [0.15, 0.2) is 4.47 Å². The van der Waals surface area contributed by atoms with Crippen molar-refractivity contribution in [1.29, 1.82) is 0 Å². The zero-order valence-electron chi connectivity index (χ0n) is 11.1. The van der Waals surface area contributed by atoms with Crippen LogP contribution < -0.4 is 0 Å². The summed E-state index contributed by atoms with van der Waals surface area (Å²) in [5.74, 6) is 0. The Kier molecular flexibility index (Phi) is 5.27. The Morgan fingerprint density at radius 1 is 1.39 bits per heavy atom. The fraction of sp³-hybridized carbons (Fsp3) is 0.769. The summed E-state index contributed by atoms with van der Waals surface area (Å²) in [6.07, 6.45) is 3.57. The summed E-state index contributed by atoms with van der Waals surface area (Å²) < 4.78 is 3.35. The zero-order chi connectivity index (χ0) is 13.1. The van der Waals surface area contributed by atoms with Gasteiger partial charge in [0.25, 0.3) is 0 Å². The quantitative estimate of drug-likeness (QED) is 0.746. The lowest BCUT2D eigenvalue weighted by Crippen LogP contribution is -2.35. The lowest BCUT2D eigenvalue weighted by molar-refractivity contribution is 0.221. The highest BCUT2D eigenvalue weighted by molar-refractivity contribution is 9.10. The van der Waals surface area contributed by atoms with Gasteiger partial charge in [0, 0.05) is 24.5 Å². The van der Waals surface area contributed by atoms with Crippen molar-refractivity contribution in [2.24, 2.45) is 0 Å². The number of nitrogens with zero attached hydrogens (tertiary/aromatic N) is 3. The number of alkyl halides is 1. The molecule has 1 saturated heterocycles. The molecule has 1 atom stereocenters. The van der Waals surface area contributed by atoms with Crippen molar-refractivity contribution in [2.45, 2.75) is 51.0 Å². The van der Waals surface area contributed by atoms with Gasteiger partial charge in [-0.3, -0.25) is 9.58 Å². The average Bonchev–Trinajstić information content (AvgIpc) is 2.66. The van der Waals surface area contributed by atoms with Gasteiger partial charge in [0.05, 0.1) is 15.9 Å². The molecule has 2 heterocycles. The molecule has 3 nitrogen and oxygen atoms in total. The van der Waals surface area contributed by atoms with Crippen LogP contribution in [0.4, 0.5) is 0 Å². The molecule has 1 aliphatic heterocycles. The first-order chi connectivity index (χ1) is 8.65. The fourth-order valence-corrected chi connectivity index (χ4v) is 3.95. The molecule has 1 unspecified atom stereocenters. The number of hydrogen-bond acceptors (Lipinski definition) is 2. The van der Waals surface area contributed by atoms with Crippen LogP contribution in [0.1, 0.15) is 38.1 Å². The van der Waals surface area contributed by atoms with Gasteiger partial charge in [-0.05, 0) is 48.7 Å². The summed E-state index contributed by atoms with van der Waals surface area (Å²) in [4.78, 5) is 3.17. The van der Waals surface area contributed by atoms with Gasteiger partial charge in [-0.25, -0.2) is 0 Å². The van der Waals surface area contributed by atoms with E-state index in [9.17, 15) is 0 Å². The number of aryl methyl sites for hydroxylation is 2. The molecule has 0 N–H and O–H groups in total. The van der Waals surface area contributed by atoms with E-state index < -0.39 is 0 Å². The van der Waals surface area contributed by atoms with Crippen LogP contribution in [0.25, 0.3) is 0 Å². The number of hydrogen-bond donors (Lipinski definition) is 0. The fourth-order valence-electron chi connectivity index (χ4n) is 2.52. The number of likely N-dealkylation sites (tertiary alicyclic amines) is 1. The first-order valence-corrected chi connectivity index (χ1v) is 8.47. The maximum atomic E-state index is 4.66. The minimum Gasteiger partial charge on any atom is -0.296 e. The molecule has 0 aliphatic carbocycles. The number of aromatic nitrogens is 2. The lowest BCUT2D eigenvalue weighted by Gasteiger charge is -2.30. The molecular formula is C13H21Br2N3. The molecule has 0 spiro atoms. The smallest absolute Gasteiger partial charge is 0.0767 e. The molecule has 1 aromatic rings. The predicted octanol–water partition coefficient (Wildman–Crippen LogP) is 3.59. The highest BCUT2D eigenvalue weighted by atomic mass is 79.9. The van der Waals surface area contributed by atoms with Gasteiger partial charge < -0.3 is 0 Å². The van der Waals surface area contributed by atoms with E-state index in [1.807, 2.05) is 0 Å². The second-order valence-electron chi connectivity index (χ2n) is 4.85. The molecule has 0 radical (unpaired) electrons. The van der Waals surface area contributed by atoms with E-state index in [-0.39, 0.29) is 0 Å². The number of piperidine rings is 1. The Hall–Kier alpha value is 0.130. The summed E-state index contributed by atoms with van der Waals surface area (Å²) in [5, 5.41) is 4.66. The van der Waals surface area contributed by atoms with Crippen LogP contribution in [-0.2, 0) is 19.5 Å². The molecule has 18 heavy (non-hydrogen) atoms. The highest BCUT2D eigenvalue weighted by Crippen LogP contribution is 2.25. The van der Waals surface area contributed by atoms with Crippen molar-refractivity contribution in [3.05, 3.63) is 15.9 Å². The third kappa shape index (κ3) is 3.17. The summed E-state index contributed by atoms with van der Waals surface area (Å²) in [6.45, 7) is 8.61. The number of rotatable bonds is 4. The van der Waals surface area contributed by atoms with E-state index in [2.05, 4.69) is 60.4 Å². The van der Waals surface area contributed by atoms with Gasteiger partial charge in [0.1, 0.15) is 0 Å². The van der Waals surface area contributed by atoms with Gasteiger partial charge >= 0.3 is 0 Å². The van der Waals surface area contributed by atoms with Crippen molar-refractivity contribution in [1.82, 2.24) is 14.7 Å². The summed E-state index contributed by atoms with van der Waals surface area (Å²) in [7, 11) is 0. The van der Waals surface area contributed by atoms with Gasteiger partial charge in [0.2, 0.25) is 0 Å². The van der Waals surface area contributed by atoms with E-state index in [4.69, 9.17) is 0 Å². The molecule has 5 heteroatoms. The molecule has 0 bridgehead atoms. The van der Waals surface area contributed by atoms with E-state index in [0.29, 0.717) is 4.83 Å². The maximum absolute atomic E-state index is 4.66. The third-order valence-corrected chi connectivity index (χ3v) is 5.18. The average molecular weight is 379 g/mol. The molecular weight excluding hydrogens is 358 g/mol. The van der Waals surface area contributed by atoms with Crippen molar-refractivity contribution < 1.29 is 0 Å². The van der Waals surface area contributed by atoms with Crippen LogP contribution in [0.3, 0.4) is 0 Å². The van der Waals surface area contributed by atoms with Gasteiger partial charge in [-0.2, -0.15) is 5.10 Å². The van der Waals surface area contributed by atoms with Crippen molar-refractivity contribution in [3.8, 4) is 0 Å². The van der Waals surface area contributed by atoms with E-state index in [1.165, 1.54) is 35.2 Å². The van der Waals surface area contributed by atoms with Crippen LogP contribution in [0, 0.1) is 0 Å². The van der Waals surface area contributed by atoms with Crippen LogP contribution in [0.2, 0.25) is 0 Å². The van der Waals surface area contributed by atoms with Gasteiger partial charge in [-0.1, -0.05) is 22.9 Å².